The van der Waals surface area contributed by atoms with Crippen LogP contribution in [0.15, 0.2) is 48.8 Å². The first kappa shape index (κ1) is 15.6. The molecule has 0 unspecified atom stereocenters. The van der Waals surface area contributed by atoms with Crippen LogP contribution < -0.4 is 4.72 Å². The number of imidazole rings is 1. The second-order valence-electron chi connectivity index (χ2n) is 5.28. The van der Waals surface area contributed by atoms with Crippen molar-refractivity contribution in [2.24, 2.45) is 0 Å². The summed E-state index contributed by atoms with van der Waals surface area (Å²) in [5, 5.41) is 0. The highest BCUT2D eigenvalue weighted by molar-refractivity contribution is 7.88. The molecule has 2 aromatic carbocycles. The maximum absolute atomic E-state index is 12.8. The zero-order valence-corrected chi connectivity index (χ0v) is 13.1. The minimum absolute atomic E-state index is 0.160. The smallest absolute Gasteiger partial charge is 0.215 e. The molecule has 0 saturated carbocycles. The van der Waals surface area contributed by atoms with Crippen molar-refractivity contribution in [3.05, 3.63) is 65.7 Å². The Morgan fingerprint density at radius 3 is 2.61 bits per heavy atom. The second kappa shape index (κ2) is 6.47. The van der Waals surface area contributed by atoms with Gasteiger partial charge in [-0.25, -0.2) is 22.5 Å². The number of halogens is 1. The van der Waals surface area contributed by atoms with Crippen LogP contribution in [0.5, 0.6) is 0 Å². The molecule has 0 radical (unpaired) electrons. The number of nitrogens with zero attached hydrogens (tertiary/aromatic N) is 1. The molecule has 0 aliphatic carbocycles. The van der Waals surface area contributed by atoms with Crippen LogP contribution >= 0.6 is 0 Å². The molecule has 3 rings (SSSR count). The number of aromatic amines is 1. The number of nitrogens with one attached hydrogen (secondary N) is 2. The molecule has 2 N–H and O–H groups in total. The van der Waals surface area contributed by atoms with Crippen LogP contribution in [0.2, 0.25) is 0 Å². The van der Waals surface area contributed by atoms with Crippen LogP contribution in [0.1, 0.15) is 11.1 Å². The van der Waals surface area contributed by atoms with E-state index in [4.69, 9.17) is 0 Å². The van der Waals surface area contributed by atoms with Crippen LogP contribution in [0.25, 0.3) is 11.0 Å². The Hall–Kier alpha value is -2.25. The van der Waals surface area contributed by atoms with Gasteiger partial charge in [-0.2, -0.15) is 0 Å². The highest BCUT2D eigenvalue weighted by atomic mass is 32.2. The molecule has 0 aliphatic rings. The van der Waals surface area contributed by atoms with E-state index in [2.05, 4.69) is 14.7 Å². The Balaban J connectivity index is 1.57. The normalized spacial score (nSPS) is 11.9. The van der Waals surface area contributed by atoms with Gasteiger partial charge < -0.3 is 4.98 Å². The van der Waals surface area contributed by atoms with E-state index in [1.54, 1.807) is 6.33 Å². The SMILES string of the molecule is O=S(=O)(Cc1ccc(F)cc1)NCCc1ccc2nc[nH]c2c1. The minimum Gasteiger partial charge on any atom is -0.345 e. The molecular formula is C16H16FN3O2S. The average molecular weight is 333 g/mol. The fraction of sp³-hybridized carbons (Fsp3) is 0.188. The van der Waals surface area contributed by atoms with E-state index < -0.39 is 10.0 Å². The lowest BCUT2D eigenvalue weighted by atomic mass is 10.1. The van der Waals surface area contributed by atoms with Gasteiger partial charge >= 0.3 is 0 Å². The second-order valence-corrected chi connectivity index (χ2v) is 7.09. The topological polar surface area (TPSA) is 74.8 Å². The lowest BCUT2D eigenvalue weighted by molar-refractivity contribution is 0.580. The summed E-state index contributed by atoms with van der Waals surface area (Å²) in [5.74, 6) is -0.541. The summed E-state index contributed by atoms with van der Waals surface area (Å²) in [5.41, 5.74) is 3.38. The number of benzene rings is 2. The molecule has 0 aliphatic heterocycles. The third-order valence-corrected chi connectivity index (χ3v) is 4.85. The molecule has 3 aromatic rings. The Morgan fingerprint density at radius 2 is 1.83 bits per heavy atom. The van der Waals surface area contributed by atoms with E-state index in [-0.39, 0.29) is 11.6 Å². The van der Waals surface area contributed by atoms with Crippen molar-refractivity contribution in [1.29, 1.82) is 0 Å². The third kappa shape index (κ3) is 4.14. The highest BCUT2D eigenvalue weighted by Crippen LogP contribution is 2.12. The van der Waals surface area contributed by atoms with E-state index in [1.807, 2.05) is 18.2 Å². The van der Waals surface area contributed by atoms with Crippen molar-refractivity contribution in [1.82, 2.24) is 14.7 Å². The number of rotatable bonds is 6. The van der Waals surface area contributed by atoms with E-state index >= 15 is 0 Å². The molecule has 0 bridgehead atoms. The van der Waals surface area contributed by atoms with Crippen LogP contribution in [0.4, 0.5) is 4.39 Å². The van der Waals surface area contributed by atoms with Crippen LogP contribution in [-0.4, -0.2) is 24.9 Å². The van der Waals surface area contributed by atoms with Gasteiger partial charge in [-0.05, 0) is 41.8 Å². The molecule has 7 heteroatoms. The molecule has 0 fully saturated rings. The summed E-state index contributed by atoms with van der Waals surface area (Å²) in [7, 11) is -3.44. The first-order valence-corrected chi connectivity index (χ1v) is 8.81. The Kier molecular flexibility index (Phi) is 4.40. The Bertz CT molecular complexity index is 904. The standard InChI is InChI=1S/C16H16FN3O2S/c17-14-4-1-13(2-5-14)10-23(21,22)20-8-7-12-3-6-15-16(9-12)19-11-18-15/h1-6,9,11,20H,7-8,10H2,(H,18,19). The number of hydrogen-bond acceptors (Lipinski definition) is 3. The van der Waals surface area contributed by atoms with E-state index in [0.29, 0.717) is 18.5 Å². The molecule has 0 amide bonds. The van der Waals surface area contributed by atoms with Crippen LogP contribution in [0, 0.1) is 5.82 Å². The summed E-state index contributed by atoms with van der Waals surface area (Å²) < 4.78 is 39.4. The number of aromatic nitrogens is 2. The molecule has 120 valence electrons. The van der Waals surface area contributed by atoms with Gasteiger partial charge in [0.05, 0.1) is 23.1 Å². The summed E-state index contributed by atoms with van der Waals surface area (Å²) in [6.07, 6.45) is 2.21. The Labute approximate surface area is 133 Å². The van der Waals surface area contributed by atoms with Gasteiger partial charge in [0.1, 0.15) is 5.82 Å². The highest BCUT2D eigenvalue weighted by Gasteiger charge is 2.11. The summed E-state index contributed by atoms with van der Waals surface area (Å²) in [6.45, 7) is 0.309. The van der Waals surface area contributed by atoms with Crippen LogP contribution in [-0.2, 0) is 22.2 Å². The molecule has 0 spiro atoms. The van der Waals surface area contributed by atoms with Crippen molar-refractivity contribution in [2.45, 2.75) is 12.2 Å². The number of sulfonamides is 1. The molecule has 1 heterocycles. The third-order valence-electron chi connectivity index (χ3n) is 3.49. The van der Waals surface area contributed by atoms with Gasteiger partial charge in [0.2, 0.25) is 10.0 Å². The van der Waals surface area contributed by atoms with E-state index in [1.165, 1.54) is 24.3 Å². The molecule has 23 heavy (non-hydrogen) atoms. The van der Waals surface area contributed by atoms with E-state index in [9.17, 15) is 12.8 Å². The monoisotopic (exact) mass is 333 g/mol. The predicted octanol–water partition coefficient (Wildman–Crippen LogP) is 2.36. The maximum Gasteiger partial charge on any atom is 0.215 e. The predicted molar refractivity (Wildman–Crippen MR) is 86.8 cm³/mol. The van der Waals surface area contributed by atoms with Crippen molar-refractivity contribution in [3.8, 4) is 0 Å². The Morgan fingerprint density at radius 1 is 1.09 bits per heavy atom. The van der Waals surface area contributed by atoms with Gasteiger partial charge in [0.15, 0.2) is 0 Å². The fourth-order valence-electron chi connectivity index (χ4n) is 2.34. The average Bonchev–Trinajstić information content (AvgIpc) is 2.97. The maximum atomic E-state index is 12.8. The van der Waals surface area contributed by atoms with E-state index in [0.717, 1.165) is 16.6 Å². The van der Waals surface area contributed by atoms with Gasteiger partial charge in [-0.3, -0.25) is 0 Å². The van der Waals surface area contributed by atoms with Crippen molar-refractivity contribution in [3.63, 3.8) is 0 Å². The zero-order valence-electron chi connectivity index (χ0n) is 12.3. The number of fused-ring (bicyclic) bond motifs is 1. The first-order valence-electron chi connectivity index (χ1n) is 7.16. The van der Waals surface area contributed by atoms with Crippen molar-refractivity contribution < 1.29 is 12.8 Å². The molecule has 0 saturated heterocycles. The van der Waals surface area contributed by atoms with Gasteiger partial charge in [-0.15, -0.1) is 0 Å². The quantitative estimate of drug-likeness (QED) is 0.727. The van der Waals surface area contributed by atoms with Gasteiger partial charge in [0.25, 0.3) is 0 Å². The molecular weight excluding hydrogens is 317 g/mol. The summed E-state index contributed by atoms with van der Waals surface area (Å²) >= 11 is 0. The fourth-order valence-corrected chi connectivity index (χ4v) is 3.49. The van der Waals surface area contributed by atoms with Crippen molar-refractivity contribution in [2.75, 3.05) is 6.54 Å². The van der Waals surface area contributed by atoms with Crippen LogP contribution in [0.3, 0.4) is 0 Å². The lowest BCUT2D eigenvalue weighted by Crippen LogP contribution is -2.27. The lowest BCUT2D eigenvalue weighted by Gasteiger charge is -2.07. The largest absolute Gasteiger partial charge is 0.345 e. The summed E-state index contributed by atoms with van der Waals surface area (Å²) in [6, 6.07) is 11.2. The van der Waals surface area contributed by atoms with Crippen molar-refractivity contribution >= 4 is 21.1 Å². The molecule has 5 nitrogen and oxygen atoms in total. The van der Waals surface area contributed by atoms with Gasteiger partial charge in [-0.1, -0.05) is 18.2 Å². The number of H-pyrrole nitrogens is 1. The molecule has 1 aromatic heterocycles. The zero-order chi connectivity index (χ0) is 16.3. The molecule has 0 atom stereocenters. The summed E-state index contributed by atoms with van der Waals surface area (Å²) in [4.78, 5) is 7.16. The first-order chi connectivity index (χ1) is 11.0. The van der Waals surface area contributed by atoms with Gasteiger partial charge in [0, 0.05) is 6.54 Å². The number of hydrogen-bond donors (Lipinski definition) is 2. The minimum atomic E-state index is -3.44.